The molecule has 0 aliphatic carbocycles. The van der Waals surface area contributed by atoms with Gasteiger partial charge in [0.25, 0.3) is 5.56 Å². The van der Waals surface area contributed by atoms with Crippen LogP contribution in [0.3, 0.4) is 0 Å². The second kappa shape index (κ2) is 11.2. The van der Waals surface area contributed by atoms with Gasteiger partial charge in [0.15, 0.2) is 6.79 Å². The number of esters is 1. The van der Waals surface area contributed by atoms with E-state index in [0.29, 0.717) is 35.1 Å². The van der Waals surface area contributed by atoms with E-state index in [0.717, 1.165) is 22.2 Å². The van der Waals surface area contributed by atoms with E-state index < -0.39 is 5.97 Å². The van der Waals surface area contributed by atoms with Crippen molar-refractivity contribution in [3.05, 3.63) is 106 Å². The number of anilines is 1. The SMILES string of the molecule is COCOc1ccc(Cn2c(N)nc3ccccc32)cc1-c1ccc(=O)n(Cc2cccc(C(=O)OC)c2)n1. The summed E-state index contributed by atoms with van der Waals surface area (Å²) in [4.78, 5) is 29.1. The van der Waals surface area contributed by atoms with Crippen LogP contribution in [0, 0.1) is 0 Å². The first-order valence-corrected chi connectivity index (χ1v) is 12.2. The number of ether oxygens (including phenoxy) is 3. The van der Waals surface area contributed by atoms with Crippen molar-refractivity contribution in [3.8, 4) is 17.0 Å². The molecule has 5 aromatic rings. The van der Waals surface area contributed by atoms with Gasteiger partial charge in [-0.05, 0) is 53.6 Å². The molecule has 2 aromatic heterocycles. The number of benzene rings is 3. The maximum absolute atomic E-state index is 12.7. The first-order valence-electron chi connectivity index (χ1n) is 12.2. The molecule has 0 unspecified atom stereocenters. The Morgan fingerprint density at radius 3 is 2.56 bits per heavy atom. The highest BCUT2D eigenvalue weighted by molar-refractivity contribution is 5.89. The third-order valence-corrected chi connectivity index (χ3v) is 6.22. The van der Waals surface area contributed by atoms with Crippen LogP contribution in [0.15, 0.2) is 83.7 Å². The summed E-state index contributed by atoms with van der Waals surface area (Å²) in [6.07, 6.45) is 0. The normalized spacial score (nSPS) is 11.0. The second-order valence-corrected chi connectivity index (χ2v) is 8.83. The Hall–Kier alpha value is -4.96. The number of nitrogen functional groups attached to an aromatic ring is 1. The van der Waals surface area contributed by atoms with Crippen molar-refractivity contribution < 1.29 is 19.0 Å². The molecule has 0 saturated heterocycles. The maximum Gasteiger partial charge on any atom is 0.337 e. The van der Waals surface area contributed by atoms with Crippen LogP contribution in [0.4, 0.5) is 5.95 Å². The van der Waals surface area contributed by atoms with E-state index in [1.54, 1.807) is 31.4 Å². The Morgan fingerprint density at radius 2 is 1.74 bits per heavy atom. The fourth-order valence-electron chi connectivity index (χ4n) is 4.36. The number of imidazole rings is 1. The Balaban J connectivity index is 1.52. The van der Waals surface area contributed by atoms with Crippen LogP contribution in [-0.4, -0.2) is 46.3 Å². The number of fused-ring (bicyclic) bond motifs is 1. The molecular formula is C29H27N5O5. The van der Waals surface area contributed by atoms with E-state index in [4.69, 9.17) is 19.9 Å². The molecule has 0 spiro atoms. The average molecular weight is 526 g/mol. The molecule has 3 aromatic carbocycles. The predicted molar refractivity (Wildman–Crippen MR) is 147 cm³/mol. The van der Waals surface area contributed by atoms with Gasteiger partial charge < -0.3 is 24.5 Å². The molecule has 0 amide bonds. The second-order valence-electron chi connectivity index (χ2n) is 8.83. The standard InChI is InChI=1S/C29H27N5O5/c1-37-18-39-26-12-10-20(16-33-25-9-4-3-8-24(25)31-29(33)30)15-22(26)23-11-13-27(35)34(32-23)17-19-6-5-7-21(14-19)28(36)38-2/h3-15H,16-18H2,1-2H3,(H2,30,31). The van der Waals surface area contributed by atoms with E-state index >= 15 is 0 Å². The summed E-state index contributed by atoms with van der Waals surface area (Å²) in [6.45, 7) is 0.693. The summed E-state index contributed by atoms with van der Waals surface area (Å²) in [5.41, 5.74) is 11.0. The average Bonchev–Trinajstić information content (AvgIpc) is 3.27. The molecule has 0 aliphatic rings. The van der Waals surface area contributed by atoms with Gasteiger partial charge in [-0.2, -0.15) is 5.10 Å². The minimum Gasteiger partial charge on any atom is -0.467 e. The van der Waals surface area contributed by atoms with E-state index in [1.165, 1.54) is 17.9 Å². The Kier molecular flexibility index (Phi) is 7.37. The number of aromatic nitrogens is 4. The van der Waals surface area contributed by atoms with Crippen molar-refractivity contribution in [1.29, 1.82) is 0 Å². The summed E-state index contributed by atoms with van der Waals surface area (Å²) in [5, 5.41) is 4.63. The molecule has 5 rings (SSSR count). The van der Waals surface area contributed by atoms with Gasteiger partial charge in [-0.15, -0.1) is 0 Å². The number of nitrogens with zero attached hydrogens (tertiary/aromatic N) is 4. The van der Waals surface area contributed by atoms with Crippen LogP contribution in [-0.2, 0) is 22.6 Å². The maximum atomic E-state index is 12.7. The van der Waals surface area contributed by atoms with Gasteiger partial charge in [-0.3, -0.25) is 4.79 Å². The summed E-state index contributed by atoms with van der Waals surface area (Å²) in [6, 6.07) is 23.5. The summed E-state index contributed by atoms with van der Waals surface area (Å²) < 4.78 is 19.0. The van der Waals surface area contributed by atoms with Gasteiger partial charge in [-0.1, -0.05) is 30.3 Å². The number of carbonyl (C=O) groups is 1. The molecule has 0 bridgehead atoms. The minimum atomic E-state index is -0.450. The van der Waals surface area contributed by atoms with Crippen molar-refractivity contribution in [2.75, 3.05) is 26.7 Å². The van der Waals surface area contributed by atoms with Gasteiger partial charge >= 0.3 is 5.97 Å². The summed E-state index contributed by atoms with van der Waals surface area (Å²) >= 11 is 0. The van der Waals surface area contributed by atoms with Crippen molar-refractivity contribution in [1.82, 2.24) is 19.3 Å². The molecule has 0 aliphatic heterocycles. The van der Waals surface area contributed by atoms with Gasteiger partial charge in [-0.25, -0.2) is 14.5 Å². The lowest BCUT2D eigenvalue weighted by molar-refractivity contribution is 0.0515. The Labute approximate surface area is 224 Å². The summed E-state index contributed by atoms with van der Waals surface area (Å²) in [5.74, 6) is 0.515. The molecule has 0 fully saturated rings. The molecule has 10 nitrogen and oxygen atoms in total. The molecule has 10 heteroatoms. The van der Waals surface area contributed by atoms with E-state index in [-0.39, 0.29) is 18.9 Å². The third-order valence-electron chi connectivity index (χ3n) is 6.22. The molecule has 0 atom stereocenters. The predicted octanol–water partition coefficient (Wildman–Crippen LogP) is 3.71. The zero-order chi connectivity index (χ0) is 27.4. The van der Waals surface area contributed by atoms with E-state index in [9.17, 15) is 9.59 Å². The van der Waals surface area contributed by atoms with Crippen LogP contribution in [0.2, 0.25) is 0 Å². The van der Waals surface area contributed by atoms with Crippen molar-refractivity contribution in [2.45, 2.75) is 13.1 Å². The zero-order valence-electron chi connectivity index (χ0n) is 21.5. The molecule has 39 heavy (non-hydrogen) atoms. The number of rotatable bonds is 9. The van der Waals surface area contributed by atoms with Crippen LogP contribution in [0.5, 0.6) is 5.75 Å². The number of hydrogen-bond donors (Lipinski definition) is 1. The molecule has 198 valence electrons. The smallest absolute Gasteiger partial charge is 0.337 e. The third kappa shape index (κ3) is 5.51. The van der Waals surface area contributed by atoms with Crippen molar-refractivity contribution in [3.63, 3.8) is 0 Å². The monoisotopic (exact) mass is 525 g/mol. The van der Waals surface area contributed by atoms with Crippen LogP contribution in [0.1, 0.15) is 21.5 Å². The van der Waals surface area contributed by atoms with E-state index in [1.807, 2.05) is 53.1 Å². The zero-order valence-corrected chi connectivity index (χ0v) is 21.5. The fourth-order valence-corrected chi connectivity index (χ4v) is 4.36. The lowest BCUT2D eigenvalue weighted by atomic mass is 10.1. The van der Waals surface area contributed by atoms with Gasteiger partial charge in [0.2, 0.25) is 5.95 Å². The van der Waals surface area contributed by atoms with Gasteiger partial charge in [0, 0.05) is 18.7 Å². The van der Waals surface area contributed by atoms with Crippen molar-refractivity contribution in [2.24, 2.45) is 0 Å². The highest BCUT2D eigenvalue weighted by atomic mass is 16.7. The Morgan fingerprint density at radius 1 is 0.923 bits per heavy atom. The summed E-state index contributed by atoms with van der Waals surface area (Å²) in [7, 11) is 2.87. The molecular weight excluding hydrogens is 498 g/mol. The lowest BCUT2D eigenvalue weighted by Crippen LogP contribution is -2.23. The molecule has 0 saturated carbocycles. The highest BCUT2D eigenvalue weighted by Gasteiger charge is 2.15. The molecule has 0 radical (unpaired) electrons. The first kappa shape index (κ1) is 25.7. The molecule has 2 heterocycles. The number of nitrogens with two attached hydrogens (primary N) is 1. The van der Waals surface area contributed by atoms with Crippen LogP contribution < -0.4 is 16.0 Å². The number of methoxy groups -OCH3 is 2. The molecule has 2 N–H and O–H groups in total. The lowest BCUT2D eigenvalue weighted by Gasteiger charge is -2.15. The number of carbonyl (C=O) groups excluding carboxylic acids is 1. The topological polar surface area (TPSA) is 123 Å². The van der Waals surface area contributed by atoms with E-state index in [2.05, 4.69) is 10.1 Å². The Bertz CT molecular complexity index is 1710. The van der Waals surface area contributed by atoms with Gasteiger partial charge in [0.05, 0.1) is 42.5 Å². The number of hydrogen-bond acceptors (Lipinski definition) is 8. The quantitative estimate of drug-likeness (QED) is 0.228. The number of para-hydroxylation sites is 2. The van der Waals surface area contributed by atoms with Gasteiger partial charge in [0.1, 0.15) is 5.75 Å². The van der Waals surface area contributed by atoms with Crippen LogP contribution in [0.25, 0.3) is 22.3 Å². The van der Waals surface area contributed by atoms with Crippen LogP contribution >= 0.6 is 0 Å². The largest absolute Gasteiger partial charge is 0.467 e. The minimum absolute atomic E-state index is 0.0470. The fraction of sp³-hybridized carbons (Fsp3) is 0.172. The highest BCUT2D eigenvalue weighted by Crippen LogP contribution is 2.31. The van der Waals surface area contributed by atoms with Crippen molar-refractivity contribution >= 4 is 23.0 Å². The first-order chi connectivity index (χ1) is 19.0.